The summed E-state index contributed by atoms with van der Waals surface area (Å²) in [4.78, 5) is 2.45. The molecule has 0 aromatic heterocycles. The van der Waals surface area contributed by atoms with Gasteiger partial charge in [0, 0.05) is 24.3 Å². The van der Waals surface area contributed by atoms with Crippen LogP contribution in [0.25, 0.3) is 0 Å². The van der Waals surface area contributed by atoms with Crippen LogP contribution in [-0.2, 0) is 0 Å². The summed E-state index contributed by atoms with van der Waals surface area (Å²) in [6.45, 7) is 5.59. The number of hydrogen-bond acceptors (Lipinski definition) is 3. The molecule has 0 spiro atoms. The SMILES string of the molecule is CC1CCCN(CCC(O)c2ccccc2N)C1. The van der Waals surface area contributed by atoms with Crippen LogP contribution in [0, 0.1) is 5.92 Å². The number of nitrogen functional groups attached to an aromatic ring is 1. The lowest BCUT2D eigenvalue weighted by Gasteiger charge is -2.31. The third-order valence-electron chi connectivity index (χ3n) is 3.81. The van der Waals surface area contributed by atoms with Crippen LogP contribution < -0.4 is 5.73 Å². The first-order valence-corrected chi connectivity index (χ1v) is 6.91. The molecule has 3 heteroatoms. The number of para-hydroxylation sites is 1. The van der Waals surface area contributed by atoms with Crippen molar-refractivity contribution in [2.75, 3.05) is 25.4 Å². The standard InChI is InChI=1S/C15H24N2O/c1-12-5-4-9-17(11-12)10-8-15(18)13-6-2-3-7-14(13)16/h2-3,6-7,12,15,18H,4-5,8-11,16H2,1H3. The van der Waals surface area contributed by atoms with Gasteiger partial charge in [0.2, 0.25) is 0 Å². The zero-order chi connectivity index (χ0) is 13.0. The summed E-state index contributed by atoms with van der Waals surface area (Å²) in [5.74, 6) is 0.790. The van der Waals surface area contributed by atoms with Crippen molar-refractivity contribution in [2.24, 2.45) is 5.92 Å². The number of nitrogens with zero attached hydrogens (tertiary/aromatic N) is 1. The molecule has 100 valence electrons. The number of nitrogens with two attached hydrogens (primary N) is 1. The molecule has 1 aliphatic rings. The summed E-state index contributed by atoms with van der Waals surface area (Å²) in [5, 5.41) is 10.2. The van der Waals surface area contributed by atoms with Gasteiger partial charge in [0.05, 0.1) is 6.10 Å². The maximum Gasteiger partial charge on any atom is 0.0822 e. The Labute approximate surface area is 110 Å². The van der Waals surface area contributed by atoms with Crippen LogP contribution in [0.2, 0.25) is 0 Å². The van der Waals surface area contributed by atoms with Crippen molar-refractivity contribution in [3.05, 3.63) is 29.8 Å². The minimum atomic E-state index is -0.441. The molecule has 0 amide bonds. The second-order valence-electron chi connectivity index (χ2n) is 5.48. The van der Waals surface area contributed by atoms with Crippen LogP contribution in [0.4, 0.5) is 5.69 Å². The number of aliphatic hydroxyl groups excluding tert-OH is 1. The number of anilines is 1. The van der Waals surface area contributed by atoms with Crippen molar-refractivity contribution >= 4 is 5.69 Å². The van der Waals surface area contributed by atoms with Crippen LogP contribution in [0.1, 0.15) is 37.9 Å². The van der Waals surface area contributed by atoms with E-state index >= 15 is 0 Å². The van der Waals surface area contributed by atoms with Crippen molar-refractivity contribution in [3.8, 4) is 0 Å². The van der Waals surface area contributed by atoms with E-state index in [0.29, 0.717) is 5.69 Å². The summed E-state index contributed by atoms with van der Waals surface area (Å²) in [7, 11) is 0. The Morgan fingerprint density at radius 1 is 1.44 bits per heavy atom. The minimum Gasteiger partial charge on any atom is -0.398 e. The molecular formula is C15H24N2O. The highest BCUT2D eigenvalue weighted by Crippen LogP contribution is 2.24. The molecule has 1 heterocycles. The van der Waals surface area contributed by atoms with E-state index in [0.717, 1.165) is 31.0 Å². The largest absolute Gasteiger partial charge is 0.398 e. The molecule has 3 N–H and O–H groups in total. The molecule has 1 fully saturated rings. The van der Waals surface area contributed by atoms with Crippen LogP contribution in [0.15, 0.2) is 24.3 Å². The molecule has 0 bridgehead atoms. The predicted molar refractivity (Wildman–Crippen MR) is 75.3 cm³/mol. The van der Waals surface area contributed by atoms with Crippen LogP contribution in [-0.4, -0.2) is 29.6 Å². The summed E-state index contributed by atoms with van der Waals surface area (Å²) in [6, 6.07) is 7.59. The highest BCUT2D eigenvalue weighted by Gasteiger charge is 2.18. The van der Waals surface area contributed by atoms with Gasteiger partial charge < -0.3 is 15.7 Å². The maximum absolute atomic E-state index is 10.2. The molecule has 0 saturated carbocycles. The summed E-state index contributed by atoms with van der Waals surface area (Å²) < 4.78 is 0. The maximum atomic E-state index is 10.2. The lowest BCUT2D eigenvalue weighted by atomic mass is 9.99. The Morgan fingerprint density at radius 3 is 2.94 bits per heavy atom. The van der Waals surface area contributed by atoms with Gasteiger partial charge in [0.1, 0.15) is 0 Å². The van der Waals surface area contributed by atoms with E-state index in [2.05, 4.69) is 11.8 Å². The van der Waals surface area contributed by atoms with Gasteiger partial charge in [-0.1, -0.05) is 25.1 Å². The fourth-order valence-electron chi connectivity index (χ4n) is 2.76. The Kier molecular flexibility index (Phi) is 4.61. The van der Waals surface area contributed by atoms with E-state index < -0.39 is 6.10 Å². The predicted octanol–water partition coefficient (Wildman–Crippen LogP) is 2.42. The van der Waals surface area contributed by atoms with Gasteiger partial charge in [-0.3, -0.25) is 0 Å². The van der Waals surface area contributed by atoms with E-state index in [9.17, 15) is 5.11 Å². The molecule has 18 heavy (non-hydrogen) atoms. The Bertz CT molecular complexity index is 381. The first-order chi connectivity index (χ1) is 8.66. The van der Waals surface area contributed by atoms with Crippen molar-refractivity contribution < 1.29 is 5.11 Å². The van der Waals surface area contributed by atoms with Gasteiger partial charge in [-0.2, -0.15) is 0 Å². The first-order valence-electron chi connectivity index (χ1n) is 6.91. The summed E-state index contributed by atoms with van der Waals surface area (Å²) >= 11 is 0. The molecule has 2 atom stereocenters. The second-order valence-corrected chi connectivity index (χ2v) is 5.48. The molecule has 2 rings (SSSR count). The number of piperidine rings is 1. The van der Waals surface area contributed by atoms with E-state index in [4.69, 9.17) is 5.73 Å². The number of hydrogen-bond donors (Lipinski definition) is 2. The van der Waals surface area contributed by atoms with Crippen LogP contribution in [0.3, 0.4) is 0 Å². The third kappa shape index (κ3) is 3.47. The molecule has 0 aliphatic carbocycles. The molecule has 2 unspecified atom stereocenters. The normalized spacial score (nSPS) is 22.9. The monoisotopic (exact) mass is 248 g/mol. The molecule has 1 saturated heterocycles. The highest BCUT2D eigenvalue weighted by atomic mass is 16.3. The Hall–Kier alpha value is -1.06. The fraction of sp³-hybridized carbons (Fsp3) is 0.600. The minimum absolute atomic E-state index is 0.441. The van der Waals surface area contributed by atoms with Gasteiger partial charge >= 0.3 is 0 Å². The molecule has 1 aromatic rings. The lowest BCUT2D eigenvalue weighted by Crippen LogP contribution is -2.35. The Morgan fingerprint density at radius 2 is 2.22 bits per heavy atom. The van der Waals surface area contributed by atoms with E-state index in [1.165, 1.54) is 19.4 Å². The number of benzene rings is 1. The average molecular weight is 248 g/mol. The van der Waals surface area contributed by atoms with Gasteiger partial charge in [-0.15, -0.1) is 0 Å². The van der Waals surface area contributed by atoms with E-state index in [1.807, 2.05) is 24.3 Å². The number of likely N-dealkylation sites (tertiary alicyclic amines) is 1. The van der Waals surface area contributed by atoms with Crippen molar-refractivity contribution in [3.63, 3.8) is 0 Å². The van der Waals surface area contributed by atoms with E-state index in [-0.39, 0.29) is 0 Å². The summed E-state index contributed by atoms with van der Waals surface area (Å²) in [5.41, 5.74) is 7.43. The molecule has 1 aromatic carbocycles. The fourth-order valence-corrected chi connectivity index (χ4v) is 2.76. The van der Waals surface area contributed by atoms with Gasteiger partial charge in [0.25, 0.3) is 0 Å². The number of aliphatic hydroxyl groups is 1. The highest BCUT2D eigenvalue weighted by molar-refractivity contribution is 5.47. The lowest BCUT2D eigenvalue weighted by molar-refractivity contribution is 0.122. The topological polar surface area (TPSA) is 49.5 Å². The summed E-state index contributed by atoms with van der Waals surface area (Å²) in [6.07, 6.45) is 2.94. The Balaban J connectivity index is 1.84. The molecular weight excluding hydrogens is 224 g/mol. The smallest absolute Gasteiger partial charge is 0.0822 e. The average Bonchev–Trinajstić information content (AvgIpc) is 2.37. The first kappa shape index (κ1) is 13.4. The third-order valence-corrected chi connectivity index (χ3v) is 3.81. The number of rotatable bonds is 4. The zero-order valence-electron chi connectivity index (χ0n) is 11.2. The van der Waals surface area contributed by atoms with Crippen molar-refractivity contribution in [1.82, 2.24) is 4.90 Å². The van der Waals surface area contributed by atoms with Crippen LogP contribution >= 0.6 is 0 Å². The van der Waals surface area contributed by atoms with Crippen LogP contribution in [0.5, 0.6) is 0 Å². The quantitative estimate of drug-likeness (QED) is 0.805. The van der Waals surface area contributed by atoms with Gasteiger partial charge in [0.15, 0.2) is 0 Å². The van der Waals surface area contributed by atoms with E-state index in [1.54, 1.807) is 0 Å². The van der Waals surface area contributed by atoms with Gasteiger partial charge in [-0.25, -0.2) is 0 Å². The molecule has 3 nitrogen and oxygen atoms in total. The molecule has 1 aliphatic heterocycles. The molecule has 0 radical (unpaired) electrons. The van der Waals surface area contributed by atoms with Gasteiger partial charge in [-0.05, 0) is 37.8 Å². The van der Waals surface area contributed by atoms with Crippen molar-refractivity contribution in [1.29, 1.82) is 0 Å². The van der Waals surface area contributed by atoms with Crippen molar-refractivity contribution in [2.45, 2.75) is 32.3 Å². The zero-order valence-corrected chi connectivity index (χ0v) is 11.2. The second kappa shape index (κ2) is 6.21.